The molecular weight excluding hydrogens is 510 g/mol. The highest BCUT2D eigenvalue weighted by Gasteiger charge is 2.42. The quantitative estimate of drug-likeness (QED) is 0.160. The van der Waals surface area contributed by atoms with Crippen molar-refractivity contribution in [1.82, 2.24) is 9.71 Å². The Morgan fingerprint density at radius 1 is 1.14 bits per heavy atom. The third kappa shape index (κ3) is 8.02. The summed E-state index contributed by atoms with van der Waals surface area (Å²) in [5, 5.41) is -0.579. The van der Waals surface area contributed by atoms with E-state index < -0.39 is 48.7 Å². The molecule has 5 nitrogen and oxygen atoms in total. The highest BCUT2D eigenvalue weighted by atomic mass is 32.2. The van der Waals surface area contributed by atoms with Crippen molar-refractivity contribution < 1.29 is 26.8 Å². The maximum Gasteiger partial charge on any atom is 0.416 e. The van der Waals surface area contributed by atoms with Gasteiger partial charge in [-0.25, -0.2) is 4.39 Å². The van der Waals surface area contributed by atoms with Gasteiger partial charge in [0.15, 0.2) is 8.32 Å². The maximum atomic E-state index is 14.6. The first-order valence-corrected chi connectivity index (χ1v) is 15.3. The molecule has 0 saturated carbocycles. The average Bonchev–Trinajstić information content (AvgIpc) is 2.71. The molecule has 1 heterocycles. The first-order chi connectivity index (χ1) is 16.3. The van der Waals surface area contributed by atoms with Gasteiger partial charge in [-0.05, 0) is 62.1 Å². The van der Waals surface area contributed by atoms with Crippen LogP contribution in [0.5, 0.6) is 0 Å². The van der Waals surface area contributed by atoms with Crippen LogP contribution in [0.2, 0.25) is 18.1 Å². The van der Waals surface area contributed by atoms with Gasteiger partial charge in [-0.1, -0.05) is 39.0 Å². The molecule has 0 aliphatic heterocycles. The van der Waals surface area contributed by atoms with Crippen molar-refractivity contribution in [3.05, 3.63) is 65.2 Å². The Morgan fingerprint density at radius 3 is 2.31 bits per heavy atom. The number of amides is 1. The first kappa shape index (κ1) is 30.3. The fourth-order valence-electron chi connectivity index (χ4n) is 3.53. The van der Waals surface area contributed by atoms with Gasteiger partial charge in [0.05, 0.1) is 22.2 Å². The lowest BCUT2D eigenvalue weighted by Crippen LogP contribution is -2.49. The lowest BCUT2D eigenvalue weighted by molar-refractivity contribution is -0.137. The van der Waals surface area contributed by atoms with Crippen LogP contribution in [-0.4, -0.2) is 30.2 Å². The number of hydrogen-bond acceptors (Lipinski definition) is 5. The number of benzene rings is 1. The van der Waals surface area contributed by atoms with E-state index >= 15 is 0 Å². The molecule has 0 radical (unpaired) electrons. The Kier molecular flexibility index (Phi) is 9.42. The van der Waals surface area contributed by atoms with Crippen LogP contribution in [0.4, 0.5) is 17.6 Å². The highest BCUT2D eigenvalue weighted by Crippen LogP contribution is 2.40. The number of hydrogen-bond donors (Lipinski definition) is 2. The molecule has 1 aromatic carbocycles. The van der Waals surface area contributed by atoms with Crippen molar-refractivity contribution in [2.45, 2.75) is 82.2 Å². The van der Waals surface area contributed by atoms with E-state index in [1.807, 2.05) is 13.8 Å². The maximum absolute atomic E-state index is 14.6. The Balaban J connectivity index is 2.22. The number of carbonyl (C=O) groups is 1. The Morgan fingerprint density at radius 2 is 1.75 bits per heavy atom. The lowest BCUT2D eigenvalue weighted by atomic mass is 9.93. The van der Waals surface area contributed by atoms with Crippen LogP contribution in [0.25, 0.3) is 0 Å². The van der Waals surface area contributed by atoms with Crippen molar-refractivity contribution in [2.24, 2.45) is 5.73 Å². The number of nitrogens with two attached hydrogens (primary N) is 1. The molecule has 2 rings (SSSR count). The summed E-state index contributed by atoms with van der Waals surface area (Å²) in [4.78, 5) is 17.1. The smallest absolute Gasteiger partial charge is 0.412 e. The molecule has 0 aliphatic carbocycles. The minimum atomic E-state index is -4.64. The van der Waals surface area contributed by atoms with Crippen LogP contribution in [-0.2, 0) is 15.4 Å². The van der Waals surface area contributed by atoms with E-state index in [0.717, 1.165) is 36.3 Å². The van der Waals surface area contributed by atoms with Gasteiger partial charge in [0.1, 0.15) is 11.7 Å². The molecule has 0 saturated heterocycles. The number of rotatable bonds is 9. The molecule has 0 spiro atoms. The second-order valence-electron chi connectivity index (χ2n) is 10.9. The van der Waals surface area contributed by atoms with Gasteiger partial charge in [0.2, 0.25) is 5.91 Å². The van der Waals surface area contributed by atoms with Crippen LogP contribution in [0.15, 0.2) is 42.6 Å². The number of pyridine rings is 1. The molecule has 2 aromatic rings. The highest BCUT2D eigenvalue weighted by molar-refractivity contribution is 7.98. The molecule has 3 N–H and O–H groups in total. The zero-order valence-corrected chi connectivity index (χ0v) is 23.5. The first-order valence-electron chi connectivity index (χ1n) is 11.5. The van der Waals surface area contributed by atoms with E-state index in [-0.39, 0.29) is 16.3 Å². The van der Waals surface area contributed by atoms with E-state index in [1.165, 1.54) is 18.2 Å². The summed E-state index contributed by atoms with van der Waals surface area (Å²) in [7, 11) is -2.08. The zero-order valence-electron chi connectivity index (χ0n) is 21.7. The molecule has 1 aromatic heterocycles. The third-order valence-electron chi connectivity index (χ3n) is 6.22. The largest absolute Gasteiger partial charge is 0.416 e. The summed E-state index contributed by atoms with van der Waals surface area (Å²) in [5.41, 5.74) is 4.41. The molecule has 0 aliphatic rings. The second-order valence-corrected chi connectivity index (χ2v) is 16.6. The van der Waals surface area contributed by atoms with Crippen LogP contribution >= 0.6 is 11.9 Å². The van der Waals surface area contributed by atoms with Gasteiger partial charge in [-0.15, -0.1) is 0 Å². The van der Waals surface area contributed by atoms with Crippen molar-refractivity contribution in [2.75, 3.05) is 0 Å². The third-order valence-corrected chi connectivity index (χ3v) is 11.7. The summed E-state index contributed by atoms with van der Waals surface area (Å²) >= 11 is 0.919. The zero-order chi connectivity index (χ0) is 27.5. The SMILES string of the molecule is CC(C)(CC(N)SNC(=O)C(c1cc(C(F)(F)F)ccn1)c1ccccc1F)O[Si](C)(C)C(C)(C)C. The molecule has 11 heteroatoms. The summed E-state index contributed by atoms with van der Waals surface area (Å²) in [5.74, 6) is -2.85. The van der Waals surface area contributed by atoms with E-state index in [4.69, 9.17) is 10.2 Å². The predicted molar refractivity (Wildman–Crippen MR) is 138 cm³/mol. The van der Waals surface area contributed by atoms with Crippen molar-refractivity contribution >= 4 is 26.2 Å². The molecule has 0 fully saturated rings. The number of halogens is 4. The lowest BCUT2D eigenvalue weighted by Gasteiger charge is -2.43. The molecule has 2 unspecified atom stereocenters. The standard InChI is InChI=1S/C25H35F4N3O2SSi/c1-23(2,3)36(6,7)34-24(4,5)15-20(30)35-32-22(33)21(17-10-8-9-11-18(17)26)19-14-16(12-13-31-19)25(27,28)29/h8-14,20-21H,15,30H2,1-7H3,(H,32,33). The number of nitrogens with zero attached hydrogens (tertiary/aromatic N) is 1. The molecular formula is C25H35F4N3O2SSi. The van der Waals surface area contributed by atoms with E-state index in [2.05, 4.69) is 43.6 Å². The van der Waals surface area contributed by atoms with Gasteiger partial charge in [-0.2, -0.15) is 13.2 Å². The molecule has 1 amide bonds. The molecule has 2 atom stereocenters. The van der Waals surface area contributed by atoms with E-state index in [9.17, 15) is 22.4 Å². The Bertz CT molecular complexity index is 1060. The minimum absolute atomic E-state index is 0.000649. The number of aromatic nitrogens is 1. The van der Waals surface area contributed by atoms with Crippen molar-refractivity contribution in [3.63, 3.8) is 0 Å². The van der Waals surface area contributed by atoms with E-state index in [0.29, 0.717) is 6.42 Å². The Hall–Kier alpha value is -1.95. The van der Waals surface area contributed by atoms with Crippen molar-refractivity contribution in [3.8, 4) is 0 Å². The molecule has 200 valence electrons. The van der Waals surface area contributed by atoms with Gasteiger partial charge >= 0.3 is 6.18 Å². The molecule has 36 heavy (non-hydrogen) atoms. The summed E-state index contributed by atoms with van der Waals surface area (Å²) in [6.45, 7) is 14.5. The average molecular weight is 546 g/mol. The van der Waals surface area contributed by atoms with Crippen LogP contribution in [0.3, 0.4) is 0 Å². The van der Waals surface area contributed by atoms with Crippen LogP contribution in [0, 0.1) is 5.82 Å². The summed E-state index contributed by atoms with van der Waals surface area (Å²) in [6, 6.07) is 6.99. The monoisotopic (exact) mass is 545 g/mol. The van der Waals surface area contributed by atoms with Crippen LogP contribution in [0.1, 0.15) is 63.8 Å². The van der Waals surface area contributed by atoms with Gasteiger partial charge in [0, 0.05) is 18.2 Å². The van der Waals surface area contributed by atoms with Crippen molar-refractivity contribution in [1.29, 1.82) is 0 Å². The van der Waals surface area contributed by atoms with Gasteiger partial charge < -0.3 is 10.2 Å². The summed E-state index contributed by atoms with van der Waals surface area (Å²) < 4.78 is 63.6. The number of alkyl halides is 3. The second kappa shape index (κ2) is 11.2. The topological polar surface area (TPSA) is 77.2 Å². The predicted octanol–water partition coefficient (Wildman–Crippen LogP) is 6.61. The van der Waals surface area contributed by atoms with Gasteiger partial charge in [-0.3, -0.25) is 14.5 Å². The fraction of sp³-hybridized carbons (Fsp3) is 0.520. The Labute approximate surface area is 215 Å². The summed E-state index contributed by atoms with van der Waals surface area (Å²) in [6.07, 6.45) is -3.28. The van der Waals surface area contributed by atoms with Gasteiger partial charge in [0.25, 0.3) is 0 Å². The normalized spacial score (nSPS) is 14.9. The van der Waals surface area contributed by atoms with Crippen LogP contribution < -0.4 is 10.5 Å². The fourth-order valence-corrected chi connectivity index (χ4v) is 6.17. The number of nitrogens with one attached hydrogen (secondary N) is 1. The minimum Gasteiger partial charge on any atom is -0.412 e. The van der Waals surface area contributed by atoms with E-state index in [1.54, 1.807) is 0 Å². The molecule has 0 bridgehead atoms. The number of carbonyl (C=O) groups excluding carboxylic acids is 1.